The molecule has 0 radical (unpaired) electrons. The topological polar surface area (TPSA) is 9.23 Å². The van der Waals surface area contributed by atoms with Crippen molar-refractivity contribution in [2.24, 2.45) is 29.1 Å². The zero-order chi connectivity index (χ0) is 15.9. The Bertz CT molecular complexity index is 321. The first-order valence-corrected chi connectivity index (χ1v) is 12.2. The molecule has 0 saturated carbocycles. The second-order valence-electron chi connectivity index (χ2n) is 7.69. The fourth-order valence-corrected chi connectivity index (χ4v) is 8.36. The van der Waals surface area contributed by atoms with Crippen LogP contribution < -0.4 is 0 Å². The van der Waals surface area contributed by atoms with Crippen molar-refractivity contribution in [2.75, 3.05) is 0 Å². The van der Waals surface area contributed by atoms with Gasteiger partial charge in [0, 0.05) is 5.41 Å². The lowest BCUT2D eigenvalue weighted by molar-refractivity contribution is -0.188. The van der Waals surface area contributed by atoms with Crippen molar-refractivity contribution in [3.8, 4) is 0 Å². The van der Waals surface area contributed by atoms with Crippen LogP contribution in [0, 0.1) is 29.1 Å². The van der Waals surface area contributed by atoms with E-state index in [0.717, 1.165) is 12.5 Å². The number of halogens is 2. The van der Waals surface area contributed by atoms with Crippen molar-refractivity contribution < 1.29 is 4.43 Å². The van der Waals surface area contributed by atoms with Gasteiger partial charge in [-0.1, -0.05) is 55.4 Å². The van der Waals surface area contributed by atoms with Crippen LogP contribution in [0.1, 0.15) is 61.8 Å². The molecule has 0 aromatic heterocycles. The third-order valence-corrected chi connectivity index (χ3v) is 8.72. The van der Waals surface area contributed by atoms with Crippen molar-refractivity contribution in [3.63, 3.8) is 0 Å². The van der Waals surface area contributed by atoms with Gasteiger partial charge in [0.05, 0.1) is 5.60 Å². The monoisotopic (exact) mass is 338 g/mol. The molecular weight excluding hydrogens is 307 g/mol. The Morgan fingerprint density at radius 1 is 0.800 bits per heavy atom. The van der Waals surface area contributed by atoms with E-state index in [0.29, 0.717) is 23.7 Å². The molecule has 1 saturated heterocycles. The van der Waals surface area contributed by atoms with Crippen LogP contribution in [-0.4, -0.2) is 12.5 Å². The molecule has 1 rings (SSSR count). The molecule has 0 spiro atoms. The van der Waals surface area contributed by atoms with E-state index in [-0.39, 0.29) is 11.0 Å². The van der Waals surface area contributed by atoms with Gasteiger partial charge >= 0.3 is 6.94 Å². The van der Waals surface area contributed by atoms with E-state index < -0.39 is 6.94 Å². The van der Waals surface area contributed by atoms with Crippen LogP contribution in [0.15, 0.2) is 0 Å². The number of rotatable bonds is 4. The van der Waals surface area contributed by atoms with Gasteiger partial charge in [0.2, 0.25) is 0 Å². The summed E-state index contributed by atoms with van der Waals surface area (Å²) in [5, 5.41) is 0. The molecule has 1 fully saturated rings. The second-order valence-corrected chi connectivity index (χ2v) is 13.9. The van der Waals surface area contributed by atoms with Crippen molar-refractivity contribution in [1.29, 1.82) is 0 Å². The van der Waals surface area contributed by atoms with Gasteiger partial charge < -0.3 is 4.43 Å². The van der Waals surface area contributed by atoms with E-state index in [2.05, 4.69) is 55.4 Å². The zero-order valence-corrected chi connectivity index (χ0v) is 16.9. The van der Waals surface area contributed by atoms with E-state index >= 15 is 0 Å². The first-order valence-electron chi connectivity index (χ1n) is 8.02. The van der Waals surface area contributed by atoms with Crippen molar-refractivity contribution >= 4 is 29.1 Å². The molecule has 0 bridgehead atoms. The molecular formula is C16H32Cl2OSi. The fraction of sp³-hybridized carbons (Fsp3) is 1.00. The highest BCUT2D eigenvalue weighted by Gasteiger charge is 2.64. The summed E-state index contributed by atoms with van der Waals surface area (Å²) in [5.41, 5.74) is -0.0983. The standard InChI is InChI=1S/C16H32Cl2OSi/c1-11(2)15(12(3)4)9-10-20(17,18)19-16(15,13(5)6)14(7)8/h11-14H,9-10H2,1-8H3. The molecule has 4 heteroatoms. The van der Waals surface area contributed by atoms with Crippen LogP contribution in [-0.2, 0) is 4.43 Å². The van der Waals surface area contributed by atoms with Crippen LogP contribution in [0.2, 0.25) is 6.04 Å². The van der Waals surface area contributed by atoms with Gasteiger partial charge in [0.15, 0.2) is 0 Å². The fourth-order valence-electron chi connectivity index (χ4n) is 5.06. The van der Waals surface area contributed by atoms with Gasteiger partial charge in [-0.3, -0.25) is 0 Å². The summed E-state index contributed by atoms with van der Waals surface area (Å²) in [7, 11) is 0. The molecule has 1 heterocycles. The zero-order valence-electron chi connectivity index (χ0n) is 14.4. The smallest absolute Gasteiger partial charge is 0.385 e. The molecule has 1 aliphatic heterocycles. The summed E-state index contributed by atoms with van der Waals surface area (Å²) < 4.78 is 6.59. The van der Waals surface area contributed by atoms with Crippen molar-refractivity contribution in [1.82, 2.24) is 0 Å². The third kappa shape index (κ3) is 2.71. The minimum absolute atomic E-state index is 0.135. The van der Waals surface area contributed by atoms with Crippen LogP contribution in [0.5, 0.6) is 0 Å². The lowest BCUT2D eigenvalue weighted by atomic mass is 9.51. The highest BCUT2D eigenvalue weighted by Crippen LogP contribution is 2.62. The Hall–Kier alpha value is 0.757. The average Bonchev–Trinajstić information content (AvgIpc) is 2.25. The van der Waals surface area contributed by atoms with E-state index in [1.165, 1.54) is 0 Å². The molecule has 0 atom stereocenters. The minimum atomic E-state index is -2.59. The summed E-state index contributed by atoms with van der Waals surface area (Å²) >= 11 is 13.1. The second kappa shape index (κ2) is 6.10. The van der Waals surface area contributed by atoms with Gasteiger partial charge in [0.25, 0.3) is 0 Å². The maximum atomic E-state index is 6.59. The first kappa shape index (κ1) is 18.8. The summed E-state index contributed by atoms with van der Waals surface area (Å²) in [6.07, 6.45) is 1.08. The Kier molecular flexibility index (Phi) is 5.74. The van der Waals surface area contributed by atoms with E-state index in [1.54, 1.807) is 0 Å². The summed E-state index contributed by atoms with van der Waals surface area (Å²) in [6.45, 7) is 15.8. The van der Waals surface area contributed by atoms with Crippen LogP contribution in [0.4, 0.5) is 0 Å². The SMILES string of the molecule is CC(C)C1(C(C)C)CC[Si](Cl)(Cl)OC1(C(C)C)C(C)C. The van der Waals surface area contributed by atoms with Crippen LogP contribution in [0.25, 0.3) is 0 Å². The molecule has 0 N–H and O–H groups in total. The normalized spacial score (nSPS) is 24.9. The van der Waals surface area contributed by atoms with E-state index in [1.807, 2.05) is 0 Å². The van der Waals surface area contributed by atoms with Crippen molar-refractivity contribution in [3.05, 3.63) is 0 Å². The van der Waals surface area contributed by atoms with Gasteiger partial charge in [-0.15, -0.1) is 22.2 Å². The quantitative estimate of drug-likeness (QED) is 0.439. The molecule has 20 heavy (non-hydrogen) atoms. The maximum Gasteiger partial charge on any atom is 0.390 e. The lowest BCUT2D eigenvalue weighted by Gasteiger charge is -2.64. The summed E-state index contributed by atoms with van der Waals surface area (Å²) in [5.74, 6) is 1.89. The van der Waals surface area contributed by atoms with Gasteiger partial charge in [0.1, 0.15) is 0 Å². The molecule has 0 amide bonds. The van der Waals surface area contributed by atoms with Gasteiger partial charge in [-0.25, -0.2) is 0 Å². The van der Waals surface area contributed by atoms with Crippen LogP contribution in [0.3, 0.4) is 0 Å². The highest BCUT2D eigenvalue weighted by atomic mass is 35.7. The predicted octanol–water partition coefficient (Wildman–Crippen LogP) is 6.17. The van der Waals surface area contributed by atoms with E-state index in [4.69, 9.17) is 26.6 Å². The largest absolute Gasteiger partial charge is 0.390 e. The van der Waals surface area contributed by atoms with E-state index in [9.17, 15) is 0 Å². The molecule has 0 aromatic rings. The average molecular weight is 339 g/mol. The van der Waals surface area contributed by atoms with Crippen LogP contribution >= 0.6 is 22.2 Å². The first-order chi connectivity index (χ1) is 8.94. The maximum absolute atomic E-state index is 6.59. The third-order valence-electron chi connectivity index (χ3n) is 5.65. The molecule has 0 aliphatic carbocycles. The lowest BCUT2D eigenvalue weighted by Crippen LogP contribution is -2.67. The summed E-state index contributed by atoms with van der Waals surface area (Å²) in [4.78, 5) is 0. The Morgan fingerprint density at radius 3 is 1.50 bits per heavy atom. The Labute approximate surface area is 136 Å². The molecule has 1 aliphatic rings. The number of hydrogen-bond acceptors (Lipinski definition) is 1. The molecule has 120 valence electrons. The van der Waals surface area contributed by atoms with Gasteiger partial charge in [-0.2, -0.15) is 0 Å². The van der Waals surface area contributed by atoms with Gasteiger partial charge in [-0.05, 0) is 36.1 Å². The molecule has 0 unspecified atom stereocenters. The Balaban J connectivity index is 3.54. The number of hydrogen-bond donors (Lipinski definition) is 0. The predicted molar refractivity (Wildman–Crippen MR) is 92.5 cm³/mol. The minimum Gasteiger partial charge on any atom is -0.385 e. The van der Waals surface area contributed by atoms with Crippen molar-refractivity contribution in [2.45, 2.75) is 73.5 Å². The molecule has 1 nitrogen and oxygen atoms in total. The molecule has 0 aromatic carbocycles. The summed E-state index contributed by atoms with van der Waals surface area (Å²) in [6, 6.07) is 0.841. The Morgan fingerprint density at radius 2 is 1.20 bits per heavy atom. The highest BCUT2D eigenvalue weighted by molar-refractivity contribution is 7.42.